The lowest BCUT2D eigenvalue weighted by Gasteiger charge is -2.11. The number of carbonyl (C=O) groups excluding carboxylic acids is 1. The third-order valence-electron chi connectivity index (χ3n) is 5.34. The number of anilines is 1. The van der Waals surface area contributed by atoms with Crippen molar-refractivity contribution < 1.29 is 9.21 Å². The van der Waals surface area contributed by atoms with Gasteiger partial charge in [-0.25, -0.2) is 4.98 Å². The fourth-order valence-electron chi connectivity index (χ4n) is 3.50. The average molecular weight is 388 g/mol. The Balaban J connectivity index is 1.73. The van der Waals surface area contributed by atoms with Gasteiger partial charge in [0.2, 0.25) is 0 Å². The summed E-state index contributed by atoms with van der Waals surface area (Å²) in [6.45, 7) is 6.25. The fourth-order valence-corrected chi connectivity index (χ4v) is 3.50. The Hall–Kier alpha value is -3.41. The number of hydrogen-bond donors (Lipinski definition) is 1. The third kappa shape index (κ3) is 3.53. The minimum Gasteiger partial charge on any atom is -0.463 e. The monoisotopic (exact) mass is 388 g/mol. The van der Waals surface area contributed by atoms with Crippen molar-refractivity contribution in [3.8, 4) is 11.5 Å². The molecule has 0 aliphatic carbocycles. The van der Waals surface area contributed by atoms with Crippen LogP contribution in [-0.4, -0.2) is 20.7 Å². The van der Waals surface area contributed by atoms with Crippen LogP contribution in [0.2, 0.25) is 0 Å². The highest BCUT2D eigenvalue weighted by molar-refractivity contribution is 6.13. The molecular formula is C23H24N4O2. The zero-order chi connectivity index (χ0) is 20.5. The van der Waals surface area contributed by atoms with Crippen molar-refractivity contribution in [3.05, 3.63) is 65.5 Å². The number of hydrogen-bond acceptors (Lipinski definition) is 4. The van der Waals surface area contributed by atoms with Gasteiger partial charge in [-0.3, -0.25) is 9.48 Å². The molecule has 1 aromatic carbocycles. The van der Waals surface area contributed by atoms with Crippen LogP contribution in [0.5, 0.6) is 0 Å². The molecule has 6 nitrogen and oxygen atoms in total. The van der Waals surface area contributed by atoms with Gasteiger partial charge in [0.05, 0.1) is 22.9 Å². The lowest BCUT2D eigenvalue weighted by Crippen LogP contribution is -2.13. The van der Waals surface area contributed by atoms with E-state index in [2.05, 4.69) is 41.4 Å². The van der Waals surface area contributed by atoms with E-state index < -0.39 is 0 Å². The molecule has 148 valence electrons. The van der Waals surface area contributed by atoms with Crippen molar-refractivity contribution in [2.45, 2.75) is 33.1 Å². The van der Waals surface area contributed by atoms with Gasteiger partial charge in [0.25, 0.3) is 5.91 Å². The van der Waals surface area contributed by atoms with Crippen LogP contribution in [0.15, 0.2) is 53.1 Å². The van der Waals surface area contributed by atoms with Gasteiger partial charge < -0.3 is 9.73 Å². The Morgan fingerprint density at radius 2 is 2.00 bits per heavy atom. The Bertz CT molecular complexity index is 1160. The highest BCUT2D eigenvalue weighted by Gasteiger charge is 2.20. The van der Waals surface area contributed by atoms with Crippen LogP contribution in [-0.2, 0) is 7.05 Å². The van der Waals surface area contributed by atoms with Gasteiger partial charge in [-0.1, -0.05) is 26.0 Å². The Morgan fingerprint density at radius 3 is 2.66 bits per heavy atom. The summed E-state index contributed by atoms with van der Waals surface area (Å²) in [6, 6.07) is 13.4. The molecule has 3 aromatic heterocycles. The first-order valence-corrected chi connectivity index (χ1v) is 9.77. The van der Waals surface area contributed by atoms with E-state index in [4.69, 9.17) is 4.42 Å². The molecule has 4 rings (SSSR count). The maximum Gasteiger partial charge on any atom is 0.256 e. The number of benzene rings is 1. The standard InChI is InChI=1S/C23H24N4O2/c1-5-14(2)16-8-10-17(11-9-16)24-23(28)18-13-19(20-7-6-12-29-20)25-22-21(18)15(3)26-27(22)4/h6-14H,5H2,1-4H3,(H,24,28). The summed E-state index contributed by atoms with van der Waals surface area (Å²) in [6.07, 6.45) is 2.67. The van der Waals surface area contributed by atoms with E-state index in [9.17, 15) is 4.79 Å². The number of nitrogens with one attached hydrogen (secondary N) is 1. The summed E-state index contributed by atoms with van der Waals surface area (Å²) < 4.78 is 7.18. The van der Waals surface area contributed by atoms with E-state index in [0.717, 1.165) is 23.2 Å². The molecule has 1 N–H and O–H groups in total. The van der Waals surface area contributed by atoms with Crippen molar-refractivity contribution in [3.63, 3.8) is 0 Å². The van der Waals surface area contributed by atoms with Gasteiger partial charge in [0.15, 0.2) is 11.4 Å². The Morgan fingerprint density at radius 1 is 1.24 bits per heavy atom. The van der Waals surface area contributed by atoms with Crippen LogP contribution in [0, 0.1) is 6.92 Å². The van der Waals surface area contributed by atoms with E-state index in [1.807, 2.05) is 32.2 Å². The van der Waals surface area contributed by atoms with Crippen LogP contribution in [0.4, 0.5) is 5.69 Å². The summed E-state index contributed by atoms with van der Waals surface area (Å²) in [5, 5.41) is 8.20. The van der Waals surface area contributed by atoms with E-state index in [0.29, 0.717) is 28.6 Å². The highest BCUT2D eigenvalue weighted by atomic mass is 16.3. The maximum atomic E-state index is 13.2. The zero-order valence-corrected chi connectivity index (χ0v) is 17.1. The normalized spacial score (nSPS) is 12.3. The predicted octanol–water partition coefficient (Wildman–Crippen LogP) is 5.30. The summed E-state index contributed by atoms with van der Waals surface area (Å²) in [7, 11) is 1.82. The lowest BCUT2D eigenvalue weighted by atomic mass is 9.98. The summed E-state index contributed by atoms with van der Waals surface area (Å²) in [5.41, 5.74) is 4.56. The summed E-state index contributed by atoms with van der Waals surface area (Å²) in [5.74, 6) is 0.906. The van der Waals surface area contributed by atoms with Crippen molar-refractivity contribution >= 4 is 22.6 Å². The van der Waals surface area contributed by atoms with E-state index in [1.165, 1.54) is 5.56 Å². The maximum absolute atomic E-state index is 13.2. The number of carbonyl (C=O) groups is 1. The smallest absolute Gasteiger partial charge is 0.256 e. The quantitative estimate of drug-likeness (QED) is 0.503. The van der Waals surface area contributed by atoms with Gasteiger partial charge >= 0.3 is 0 Å². The van der Waals surface area contributed by atoms with Gasteiger partial charge in [-0.15, -0.1) is 0 Å². The summed E-state index contributed by atoms with van der Waals surface area (Å²) in [4.78, 5) is 17.8. The fraction of sp³-hybridized carbons (Fsp3) is 0.261. The van der Waals surface area contributed by atoms with Crippen LogP contribution in [0.3, 0.4) is 0 Å². The number of aryl methyl sites for hydroxylation is 2. The number of nitrogens with zero attached hydrogens (tertiary/aromatic N) is 3. The number of amides is 1. The van der Waals surface area contributed by atoms with E-state index >= 15 is 0 Å². The molecule has 0 saturated carbocycles. The molecule has 4 aromatic rings. The lowest BCUT2D eigenvalue weighted by molar-refractivity contribution is 0.102. The number of pyridine rings is 1. The highest BCUT2D eigenvalue weighted by Crippen LogP contribution is 2.28. The van der Waals surface area contributed by atoms with Gasteiger partial charge in [-0.05, 0) is 55.2 Å². The van der Waals surface area contributed by atoms with Crippen LogP contribution < -0.4 is 5.32 Å². The molecule has 0 radical (unpaired) electrons. The number of aromatic nitrogens is 3. The number of furan rings is 1. The molecule has 1 amide bonds. The minimum atomic E-state index is -0.197. The third-order valence-corrected chi connectivity index (χ3v) is 5.34. The second-order valence-corrected chi connectivity index (χ2v) is 7.33. The molecule has 3 heterocycles. The first-order valence-electron chi connectivity index (χ1n) is 9.77. The largest absolute Gasteiger partial charge is 0.463 e. The SMILES string of the molecule is CCC(C)c1ccc(NC(=O)c2cc(-c3ccco3)nc3c2c(C)nn3C)cc1. The zero-order valence-electron chi connectivity index (χ0n) is 17.1. The molecule has 6 heteroatoms. The van der Waals surface area contributed by atoms with Crippen molar-refractivity contribution in [2.75, 3.05) is 5.32 Å². The topological polar surface area (TPSA) is 73.0 Å². The molecule has 0 fully saturated rings. The number of fused-ring (bicyclic) bond motifs is 1. The molecule has 1 unspecified atom stereocenters. The molecule has 0 spiro atoms. The van der Waals surface area contributed by atoms with Crippen molar-refractivity contribution in [1.29, 1.82) is 0 Å². The van der Waals surface area contributed by atoms with Crippen LogP contribution >= 0.6 is 0 Å². The van der Waals surface area contributed by atoms with Crippen LogP contribution in [0.1, 0.15) is 47.8 Å². The van der Waals surface area contributed by atoms with E-state index in [-0.39, 0.29) is 5.91 Å². The average Bonchev–Trinajstić information content (AvgIpc) is 3.36. The minimum absolute atomic E-state index is 0.197. The van der Waals surface area contributed by atoms with Gasteiger partial charge in [0.1, 0.15) is 5.69 Å². The molecule has 29 heavy (non-hydrogen) atoms. The molecule has 0 aliphatic rings. The van der Waals surface area contributed by atoms with Crippen molar-refractivity contribution in [1.82, 2.24) is 14.8 Å². The molecule has 1 atom stereocenters. The van der Waals surface area contributed by atoms with Gasteiger partial charge in [0, 0.05) is 12.7 Å². The molecule has 0 aliphatic heterocycles. The first kappa shape index (κ1) is 18.9. The molecule has 0 saturated heterocycles. The van der Waals surface area contributed by atoms with Crippen LogP contribution in [0.25, 0.3) is 22.5 Å². The predicted molar refractivity (Wildman–Crippen MR) is 114 cm³/mol. The van der Waals surface area contributed by atoms with Gasteiger partial charge in [-0.2, -0.15) is 5.10 Å². The molecular weight excluding hydrogens is 364 g/mol. The second-order valence-electron chi connectivity index (χ2n) is 7.33. The second kappa shape index (κ2) is 7.54. The summed E-state index contributed by atoms with van der Waals surface area (Å²) >= 11 is 0. The first-order chi connectivity index (χ1) is 14.0. The number of rotatable bonds is 5. The Labute approximate surface area is 169 Å². The molecule has 0 bridgehead atoms. The van der Waals surface area contributed by atoms with Crippen molar-refractivity contribution in [2.24, 2.45) is 7.05 Å². The Kier molecular flexibility index (Phi) is 4.92. The van der Waals surface area contributed by atoms with E-state index in [1.54, 1.807) is 23.1 Å².